The van der Waals surface area contributed by atoms with Gasteiger partial charge in [-0.3, -0.25) is 9.55 Å². The van der Waals surface area contributed by atoms with Crippen molar-refractivity contribution in [1.29, 1.82) is 0 Å². The Morgan fingerprint density at radius 1 is 0.414 bits per heavy atom. The summed E-state index contributed by atoms with van der Waals surface area (Å²) in [6.45, 7) is -37.0. The molecule has 70 heavy (non-hydrogen) atoms. The molecule has 0 amide bonds. The third-order valence-electron chi connectivity index (χ3n) is 12.4. The first-order chi connectivity index (χ1) is 44.8. The van der Waals surface area contributed by atoms with Crippen LogP contribution < -0.4 is 0 Å². The maximum absolute atomic E-state index is 13.2. The molecule has 1 N–H and O–H groups in total. The number of imidazole rings is 1. The van der Waals surface area contributed by atoms with Crippen LogP contribution in [0.1, 0.15) is 115 Å². The third kappa shape index (κ3) is 8.98. The summed E-state index contributed by atoms with van der Waals surface area (Å²) >= 11 is 0. The lowest BCUT2D eigenvalue weighted by Gasteiger charge is -2.28. The minimum atomic E-state index is -4.33. The highest BCUT2D eigenvalue weighted by Gasteiger charge is 2.30. The second-order valence-corrected chi connectivity index (χ2v) is 17.3. The zero-order valence-electron chi connectivity index (χ0n) is 64.3. The molecular weight excluding hydrogens is 851 g/mol. The van der Waals surface area contributed by atoms with Crippen LogP contribution in [0.25, 0.3) is 95.0 Å². The van der Waals surface area contributed by atoms with Crippen molar-refractivity contribution in [2.45, 2.75) is 77.9 Å². The number of aromatic hydroxyl groups is 1. The highest BCUT2D eigenvalue weighted by Crippen LogP contribution is 2.46. The second kappa shape index (κ2) is 17.9. The lowest BCUT2D eigenvalue weighted by molar-refractivity contribution is 0.446. The van der Waals surface area contributed by atoms with E-state index in [4.69, 9.17) is 47.0 Å². The molecule has 0 fully saturated rings. The predicted molar refractivity (Wildman–Crippen MR) is 295 cm³/mol. The van der Waals surface area contributed by atoms with Crippen molar-refractivity contribution >= 4 is 11.0 Å². The van der Waals surface area contributed by atoms with E-state index in [0.717, 1.165) is 45.0 Å². The van der Waals surface area contributed by atoms with Crippen LogP contribution in [0.3, 0.4) is 0 Å². The summed E-state index contributed by atoms with van der Waals surface area (Å²) in [5.41, 5.74) is -11.0. The van der Waals surface area contributed by atoms with Crippen molar-refractivity contribution in [3.8, 4) is 89.7 Å². The minimum Gasteiger partial charge on any atom is -0.507 e. The van der Waals surface area contributed by atoms with Crippen LogP contribution in [0.15, 0.2) is 200 Å². The smallest absolute Gasteiger partial charge is 0.149 e. The molecule has 8 aromatic carbocycles. The van der Waals surface area contributed by atoms with Gasteiger partial charge in [-0.05, 0) is 126 Å². The van der Waals surface area contributed by atoms with Gasteiger partial charge < -0.3 is 5.11 Å². The molecule has 10 aromatic rings. The van der Waals surface area contributed by atoms with E-state index in [-0.39, 0.29) is 39.5 Å². The number of fused-ring (bicyclic) bond motifs is 1. The summed E-state index contributed by atoms with van der Waals surface area (Å²) in [5, 5.41) is 13.2. The fourth-order valence-electron chi connectivity index (χ4n) is 8.86. The van der Waals surface area contributed by atoms with Crippen LogP contribution in [-0.4, -0.2) is 19.6 Å². The van der Waals surface area contributed by atoms with Gasteiger partial charge in [0.2, 0.25) is 0 Å². The van der Waals surface area contributed by atoms with Gasteiger partial charge in [-0.2, -0.15) is 0 Å². The summed E-state index contributed by atoms with van der Waals surface area (Å²) in [6.07, 6.45) is 1.64. The quantitative estimate of drug-likeness (QED) is 0.165. The van der Waals surface area contributed by atoms with Gasteiger partial charge in [0, 0.05) is 65.5 Å². The minimum absolute atomic E-state index is 0.0642. The number of aromatic nitrogens is 3. The number of rotatable bonds is 8. The van der Waals surface area contributed by atoms with E-state index >= 15 is 0 Å². The van der Waals surface area contributed by atoms with E-state index in [0.29, 0.717) is 34.0 Å². The molecule has 0 spiro atoms. The molecule has 0 bridgehead atoms. The number of para-hydroxylation sites is 1. The Morgan fingerprint density at radius 2 is 0.971 bits per heavy atom. The van der Waals surface area contributed by atoms with Gasteiger partial charge in [-0.1, -0.05) is 201 Å². The van der Waals surface area contributed by atoms with Crippen molar-refractivity contribution in [3.05, 3.63) is 217 Å². The summed E-state index contributed by atoms with van der Waals surface area (Å²) < 4.78 is 239. The zero-order valence-corrected chi connectivity index (χ0v) is 37.3. The summed E-state index contributed by atoms with van der Waals surface area (Å²) in [5.74, 6) is -2.33. The second-order valence-electron chi connectivity index (χ2n) is 17.3. The fourth-order valence-corrected chi connectivity index (χ4v) is 8.86. The topological polar surface area (TPSA) is 50.9 Å². The number of hydrogen-bond donors (Lipinski definition) is 1. The standard InChI is InChI=1S/C66H61N3O/c1-64(2,3)52-32-33-59(55(40-52)47-24-17-12-18-25-47)69-60-27-19-26-54(61(60)68-63(69)56-41-53(65(4,5)6)42-57(62(56)70)66(7,8)9)50-36-49(44-22-15-11-16-23-44)37-51(38-50)58-39-48(34-35-67-58)46-30-28-45(29-31-46)43-20-13-10-14-21-43/h10-42,70H,1-9H3/i1D3,2D3,3D3,4D3,5D3,6D3,7D3,8D3,9D3. The molecule has 0 saturated carbocycles. The molecule has 2 aromatic heterocycles. The average molecular weight is 939 g/mol. The molecule has 2 heterocycles. The van der Waals surface area contributed by atoms with E-state index in [1.807, 2.05) is 103 Å². The highest BCUT2D eigenvalue weighted by atomic mass is 16.3. The maximum atomic E-state index is 13.2. The van der Waals surface area contributed by atoms with E-state index < -0.39 is 112 Å². The summed E-state index contributed by atoms with van der Waals surface area (Å²) in [7, 11) is 0. The van der Waals surface area contributed by atoms with Gasteiger partial charge in [0.05, 0.1) is 28.0 Å². The normalized spacial score (nSPS) is 19.5. The Labute approximate surface area is 452 Å². The van der Waals surface area contributed by atoms with Crippen molar-refractivity contribution in [3.63, 3.8) is 0 Å². The van der Waals surface area contributed by atoms with Gasteiger partial charge in [0.25, 0.3) is 0 Å². The summed E-state index contributed by atoms with van der Waals surface area (Å²) in [4.78, 5) is 9.91. The number of benzene rings is 8. The fraction of sp³-hybridized carbons (Fsp3) is 0.182. The molecule has 4 nitrogen and oxygen atoms in total. The first kappa shape index (κ1) is 24.1. The average Bonchev–Trinajstić information content (AvgIpc) is 1.58. The monoisotopic (exact) mass is 939 g/mol. The van der Waals surface area contributed by atoms with Crippen LogP contribution in [-0.2, 0) is 16.2 Å². The van der Waals surface area contributed by atoms with E-state index in [2.05, 4.69) is 0 Å². The molecule has 0 unspecified atom stereocenters. The predicted octanol–water partition coefficient (Wildman–Crippen LogP) is 17.7. The lowest BCUT2D eigenvalue weighted by Crippen LogP contribution is -2.17. The van der Waals surface area contributed by atoms with Crippen molar-refractivity contribution in [2.24, 2.45) is 0 Å². The first-order valence-electron chi connectivity index (χ1n) is 35.7. The highest BCUT2D eigenvalue weighted by molar-refractivity contribution is 5.98. The Morgan fingerprint density at radius 3 is 1.63 bits per heavy atom. The molecule has 10 rings (SSSR count). The van der Waals surface area contributed by atoms with Crippen LogP contribution in [0, 0.1) is 0 Å². The van der Waals surface area contributed by atoms with E-state index in [9.17, 15) is 5.11 Å². The summed E-state index contributed by atoms with van der Waals surface area (Å²) in [6, 6.07) is 52.0. The molecule has 0 aliphatic carbocycles. The molecule has 346 valence electrons. The van der Waals surface area contributed by atoms with E-state index in [1.54, 1.807) is 36.5 Å². The molecule has 0 radical (unpaired) electrons. The molecule has 0 atom stereocenters. The third-order valence-corrected chi connectivity index (χ3v) is 12.4. The van der Waals surface area contributed by atoms with Crippen LogP contribution in [0.2, 0.25) is 0 Å². The molecule has 0 aliphatic heterocycles. The van der Waals surface area contributed by atoms with Gasteiger partial charge in [-0.25, -0.2) is 4.98 Å². The first-order valence-corrected chi connectivity index (χ1v) is 22.2. The number of pyridine rings is 1. The number of phenolic OH excluding ortho intramolecular Hbond substituents is 1. The zero-order chi connectivity index (χ0) is 71.5. The molecule has 4 heteroatoms. The van der Waals surface area contributed by atoms with Crippen LogP contribution in [0.5, 0.6) is 5.75 Å². The number of phenols is 1. The van der Waals surface area contributed by atoms with Gasteiger partial charge >= 0.3 is 0 Å². The SMILES string of the molecule is [2H]C([2H])([2H])C(c1ccc(-n2c(-c3cc(C(C([2H])([2H])[2H])(C([2H])([2H])[2H])C([2H])([2H])[2H])cc(C(C([2H])([2H])[2H])(C([2H])([2H])[2H])C([2H])([2H])[2H])c3O)nc3c(-c4cc(-c5ccccc5)cc(-c5cc(-c6ccc(-c7ccccc7)cc6)ccn5)c4)cccc32)c(-c2ccccc2)c1)(C([2H])([2H])[2H])C([2H])([2H])[2H]. The number of hydrogen-bond acceptors (Lipinski definition) is 3. The van der Waals surface area contributed by atoms with Crippen molar-refractivity contribution in [1.82, 2.24) is 14.5 Å². The molecular formula is C66H61N3O. The Bertz CT molecular complexity index is 4450. The Kier molecular flexibility index (Phi) is 6.18. The molecule has 0 saturated heterocycles. The van der Waals surface area contributed by atoms with Crippen LogP contribution >= 0.6 is 0 Å². The van der Waals surface area contributed by atoms with Gasteiger partial charge in [-0.15, -0.1) is 0 Å². The van der Waals surface area contributed by atoms with E-state index in [1.165, 1.54) is 30.3 Å². The van der Waals surface area contributed by atoms with Gasteiger partial charge in [0.1, 0.15) is 11.6 Å². The van der Waals surface area contributed by atoms with Gasteiger partial charge in [0.15, 0.2) is 0 Å². The Balaban J connectivity index is 1.40. The maximum Gasteiger partial charge on any atom is 0.149 e. The lowest BCUT2D eigenvalue weighted by atomic mass is 9.79. The van der Waals surface area contributed by atoms with Crippen molar-refractivity contribution in [2.75, 3.05) is 0 Å². The number of nitrogens with zero attached hydrogens (tertiary/aromatic N) is 3. The molecule has 0 aliphatic rings. The Hall–Kier alpha value is -7.82. The van der Waals surface area contributed by atoms with Crippen LogP contribution in [0.4, 0.5) is 0 Å². The van der Waals surface area contributed by atoms with Crippen molar-refractivity contribution < 1.29 is 42.1 Å². The largest absolute Gasteiger partial charge is 0.507 e.